The molecule has 0 heterocycles. The third-order valence-electron chi connectivity index (χ3n) is 5.81. The summed E-state index contributed by atoms with van der Waals surface area (Å²) in [6, 6.07) is 24.6. The topological polar surface area (TPSA) is 66.4 Å². The molecule has 0 aromatic heterocycles. The molecule has 146 valence electrons. The van der Waals surface area contributed by atoms with Gasteiger partial charge in [-0.25, -0.2) is 0 Å². The van der Waals surface area contributed by atoms with Crippen LogP contribution in [0.4, 0.5) is 0 Å². The van der Waals surface area contributed by atoms with Crippen LogP contribution in [0, 0.1) is 0 Å². The third kappa shape index (κ3) is 3.54. The number of fused-ring (bicyclic) bond motifs is 3. The molecule has 3 aromatic carbocycles. The first-order chi connectivity index (χ1) is 14.1. The van der Waals surface area contributed by atoms with Crippen molar-refractivity contribution >= 4 is 12.4 Å². The highest BCUT2D eigenvalue weighted by Gasteiger charge is 2.42. The summed E-state index contributed by atoms with van der Waals surface area (Å²) in [4.78, 5) is 22.4. The normalized spacial score (nSPS) is 13.4. The van der Waals surface area contributed by atoms with Gasteiger partial charge in [0.2, 0.25) is 6.41 Å². The van der Waals surface area contributed by atoms with E-state index in [2.05, 4.69) is 41.7 Å². The summed E-state index contributed by atoms with van der Waals surface area (Å²) in [5.74, 6) is -0.783. The molecule has 0 unspecified atom stereocenters. The molecule has 2 N–H and O–H groups in total. The number of aryl methyl sites for hydroxylation is 2. The summed E-state index contributed by atoms with van der Waals surface area (Å²) in [7, 11) is 0. The van der Waals surface area contributed by atoms with Gasteiger partial charge in [-0.2, -0.15) is 0 Å². The quantitative estimate of drug-likeness (QED) is 0.568. The van der Waals surface area contributed by atoms with Crippen LogP contribution in [0.5, 0.6) is 0 Å². The monoisotopic (exact) mass is 385 g/mol. The van der Waals surface area contributed by atoms with Crippen molar-refractivity contribution in [2.24, 2.45) is 0 Å². The Kier molecular flexibility index (Phi) is 5.17. The van der Waals surface area contributed by atoms with E-state index in [-0.39, 0.29) is 6.42 Å². The van der Waals surface area contributed by atoms with Crippen LogP contribution in [0.3, 0.4) is 0 Å². The Morgan fingerprint density at radius 1 is 0.828 bits per heavy atom. The fraction of sp³-hybridized carbons (Fsp3) is 0.200. The zero-order chi connectivity index (χ0) is 20.3. The van der Waals surface area contributed by atoms with E-state index in [9.17, 15) is 9.59 Å². The highest BCUT2D eigenvalue weighted by atomic mass is 16.4. The molecule has 29 heavy (non-hydrogen) atoms. The molecule has 3 aromatic rings. The molecule has 0 saturated carbocycles. The summed E-state index contributed by atoms with van der Waals surface area (Å²) in [5, 5.41) is 12.0. The Morgan fingerprint density at radius 2 is 1.34 bits per heavy atom. The largest absolute Gasteiger partial charge is 0.481 e. The average Bonchev–Trinajstić information content (AvgIpc) is 3.02. The van der Waals surface area contributed by atoms with Crippen molar-refractivity contribution < 1.29 is 14.7 Å². The van der Waals surface area contributed by atoms with E-state index in [1.165, 1.54) is 11.1 Å². The van der Waals surface area contributed by atoms with Crippen LogP contribution >= 0.6 is 0 Å². The maximum atomic E-state index is 11.6. The van der Waals surface area contributed by atoms with Gasteiger partial charge in [-0.15, -0.1) is 0 Å². The van der Waals surface area contributed by atoms with Gasteiger partial charge in [-0.3, -0.25) is 9.59 Å². The molecule has 4 rings (SSSR count). The third-order valence-corrected chi connectivity index (χ3v) is 5.81. The van der Waals surface area contributed by atoms with Gasteiger partial charge in [0.15, 0.2) is 0 Å². The van der Waals surface area contributed by atoms with Gasteiger partial charge in [0.25, 0.3) is 0 Å². The molecule has 0 fully saturated rings. The lowest BCUT2D eigenvalue weighted by Crippen LogP contribution is -2.41. The number of aliphatic carboxylic acids is 1. The fourth-order valence-electron chi connectivity index (χ4n) is 4.38. The van der Waals surface area contributed by atoms with E-state index < -0.39 is 11.5 Å². The fourth-order valence-corrected chi connectivity index (χ4v) is 4.38. The summed E-state index contributed by atoms with van der Waals surface area (Å²) in [6.45, 7) is 0. The molecule has 0 aliphatic heterocycles. The predicted molar refractivity (Wildman–Crippen MR) is 113 cm³/mol. The van der Waals surface area contributed by atoms with E-state index in [0.717, 1.165) is 41.5 Å². The summed E-state index contributed by atoms with van der Waals surface area (Å²) in [5.41, 5.74) is 6.24. The molecule has 0 saturated heterocycles. The Balaban J connectivity index is 1.62. The molecule has 0 spiro atoms. The minimum absolute atomic E-state index is 0.138. The average molecular weight is 385 g/mol. The van der Waals surface area contributed by atoms with Crippen molar-refractivity contribution in [3.05, 3.63) is 95.1 Å². The minimum Gasteiger partial charge on any atom is -0.481 e. The second kappa shape index (κ2) is 7.92. The van der Waals surface area contributed by atoms with Crippen molar-refractivity contribution in [1.82, 2.24) is 5.32 Å². The molecule has 1 amide bonds. The van der Waals surface area contributed by atoms with E-state index in [4.69, 9.17) is 5.11 Å². The maximum absolute atomic E-state index is 11.6. The van der Waals surface area contributed by atoms with Crippen molar-refractivity contribution in [2.75, 3.05) is 0 Å². The van der Waals surface area contributed by atoms with Gasteiger partial charge in [-0.1, -0.05) is 72.8 Å². The molecule has 1 aliphatic carbocycles. The number of carbonyl (C=O) groups excluding carboxylic acids is 1. The first-order valence-corrected chi connectivity index (χ1v) is 9.84. The van der Waals surface area contributed by atoms with Gasteiger partial charge in [0, 0.05) is 6.42 Å². The Morgan fingerprint density at radius 3 is 1.86 bits per heavy atom. The molecule has 4 nitrogen and oxygen atoms in total. The number of amides is 1. The Bertz CT molecular complexity index is 994. The zero-order valence-corrected chi connectivity index (χ0v) is 16.1. The number of rotatable bonds is 8. The SMILES string of the molecule is O=CNC1(CCc2ccc(CCC(=O)O)cc2)c2ccccc2-c2ccccc21. The second-order valence-electron chi connectivity index (χ2n) is 7.47. The molecule has 0 atom stereocenters. The standard InChI is InChI=1S/C25H23NO3/c27-17-26-25(16-15-19-11-9-18(10-12-19)13-14-24(28)29)22-7-3-1-5-20(22)21-6-2-4-8-23(21)25/h1-12,17H,13-16H2,(H,26,27)(H,28,29). The summed E-state index contributed by atoms with van der Waals surface area (Å²) in [6.07, 6.45) is 3.01. The van der Waals surface area contributed by atoms with Crippen molar-refractivity contribution in [3.63, 3.8) is 0 Å². The molecule has 0 radical (unpaired) electrons. The lowest BCUT2D eigenvalue weighted by Gasteiger charge is -2.31. The first kappa shape index (κ1) is 18.9. The van der Waals surface area contributed by atoms with Crippen molar-refractivity contribution in [1.29, 1.82) is 0 Å². The van der Waals surface area contributed by atoms with Crippen LogP contribution in [0.15, 0.2) is 72.8 Å². The van der Waals surface area contributed by atoms with E-state index in [1.54, 1.807) is 0 Å². The van der Waals surface area contributed by atoms with Crippen LogP contribution in [-0.2, 0) is 28.0 Å². The van der Waals surface area contributed by atoms with Crippen molar-refractivity contribution in [3.8, 4) is 11.1 Å². The molecular weight excluding hydrogens is 362 g/mol. The van der Waals surface area contributed by atoms with Gasteiger partial charge < -0.3 is 10.4 Å². The number of carboxylic acid groups (broad SMARTS) is 1. The van der Waals surface area contributed by atoms with Gasteiger partial charge in [0.05, 0.1) is 5.54 Å². The van der Waals surface area contributed by atoms with Gasteiger partial charge in [0.1, 0.15) is 0 Å². The molecule has 4 heteroatoms. The molecular formula is C25H23NO3. The van der Waals surface area contributed by atoms with E-state index >= 15 is 0 Å². The maximum Gasteiger partial charge on any atom is 0.303 e. The van der Waals surface area contributed by atoms with Crippen molar-refractivity contribution in [2.45, 2.75) is 31.2 Å². The number of carboxylic acids is 1. The lowest BCUT2D eigenvalue weighted by atomic mass is 9.82. The smallest absolute Gasteiger partial charge is 0.303 e. The lowest BCUT2D eigenvalue weighted by molar-refractivity contribution is -0.137. The van der Waals surface area contributed by atoms with Crippen LogP contribution < -0.4 is 5.32 Å². The Labute approximate surface area is 170 Å². The number of carbonyl (C=O) groups is 2. The highest BCUT2D eigenvalue weighted by Crippen LogP contribution is 2.49. The van der Waals surface area contributed by atoms with Crippen LogP contribution in [0.25, 0.3) is 11.1 Å². The van der Waals surface area contributed by atoms with E-state index in [0.29, 0.717) is 6.42 Å². The summed E-state index contributed by atoms with van der Waals surface area (Å²) < 4.78 is 0. The van der Waals surface area contributed by atoms with Crippen LogP contribution in [-0.4, -0.2) is 17.5 Å². The second-order valence-corrected chi connectivity index (χ2v) is 7.47. The summed E-state index contributed by atoms with van der Waals surface area (Å²) >= 11 is 0. The predicted octanol–water partition coefficient (Wildman–Crippen LogP) is 4.31. The van der Waals surface area contributed by atoms with Crippen LogP contribution in [0.1, 0.15) is 35.1 Å². The zero-order valence-electron chi connectivity index (χ0n) is 16.1. The first-order valence-electron chi connectivity index (χ1n) is 9.84. The molecule has 0 bridgehead atoms. The number of hydrogen-bond acceptors (Lipinski definition) is 2. The Hall–Kier alpha value is -3.40. The number of benzene rings is 3. The highest BCUT2D eigenvalue weighted by molar-refractivity contribution is 5.82. The van der Waals surface area contributed by atoms with Gasteiger partial charge in [-0.05, 0) is 52.6 Å². The van der Waals surface area contributed by atoms with Crippen LogP contribution in [0.2, 0.25) is 0 Å². The van der Waals surface area contributed by atoms with Gasteiger partial charge >= 0.3 is 5.97 Å². The van der Waals surface area contributed by atoms with E-state index in [1.807, 2.05) is 36.4 Å². The molecule has 1 aliphatic rings. The number of hydrogen-bond donors (Lipinski definition) is 2. The number of nitrogens with one attached hydrogen (secondary N) is 1. The minimum atomic E-state index is -0.783.